The third-order valence-corrected chi connectivity index (χ3v) is 5.93. The van der Waals surface area contributed by atoms with Crippen LogP contribution in [0.3, 0.4) is 0 Å². The van der Waals surface area contributed by atoms with E-state index in [0.717, 1.165) is 17.8 Å². The van der Waals surface area contributed by atoms with Crippen LogP contribution in [0.25, 0.3) is 0 Å². The number of sulfonamides is 1. The minimum Gasteiger partial charge on any atom is -0.326 e. The zero-order valence-corrected chi connectivity index (χ0v) is 12.7. The molecule has 0 spiro atoms. The minimum atomic E-state index is -3.57. The Morgan fingerprint density at radius 1 is 1.35 bits per heavy atom. The molecule has 0 amide bonds. The molecule has 108 valence electrons. The van der Waals surface area contributed by atoms with Gasteiger partial charge in [0, 0.05) is 19.1 Å². The van der Waals surface area contributed by atoms with Crippen LogP contribution in [0.1, 0.15) is 13.3 Å². The van der Waals surface area contributed by atoms with Crippen LogP contribution >= 0.6 is 0 Å². The number of nitrogens with two attached hydrogens (primary N) is 1. The third kappa shape index (κ3) is 2.32. The summed E-state index contributed by atoms with van der Waals surface area (Å²) < 4.78 is 35.3. The summed E-state index contributed by atoms with van der Waals surface area (Å²) in [5.74, 6) is 0.265. The number of piperidine rings is 1. The molecule has 2 N–H and O–H groups in total. The SMILES string of the molecule is CC1CC(N)CN(S(=O)(=O)c2cccc3c2N=S=N3)C1. The maximum Gasteiger partial charge on any atom is 0.245 e. The van der Waals surface area contributed by atoms with E-state index in [-0.39, 0.29) is 16.9 Å². The van der Waals surface area contributed by atoms with Crippen molar-refractivity contribution in [2.45, 2.75) is 24.3 Å². The summed E-state index contributed by atoms with van der Waals surface area (Å²) in [6.45, 7) is 2.89. The zero-order chi connectivity index (χ0) is 14.3. The highest BCUT2D eigenvalue weighted by atomic mass is 32.2. The lowest BCUT2D eigenvalue weighted by atomic mass is 9.99. The van der Waals surface area contributed by atoms with Crippen molar-refractivity contribution in [3.8, 4) is 0 Å². The lowest BCUT2D eigenvalue weighted by Gasteiger charge is -2.34. The number of benzene rings is 1. The molecule has 3 rings (SSSR count). The minimum absolute atomic E-state index is 0.110. The Morgan fingerprint density at radius 3 is 2.90 bits per heavy atom. The van der Waals surface area contributed by atoms with Gasteiger partial charge >= 0.3 is 0 Å². The van der Waals surface area contributed by atoms with Crippen molar-refractivity contribution in [1.82, 2.24) is 4.31 Å². The van der Waals surface area contributed by atoms with Gasteiger partial charge in [-0.15, -0.1) is 0 Å². The van der Waals surface area contributed by atoms with Gasteiger partial charge in [-0.25, -0.2) is 8.42 Å². The van der Waals surface area contributed by atoms with Crippen LogP contribution in [0.15, 0.2) is 31.8 Å². The molecule has 0 saturated carbocycles. The van der Waals surface area contributed by atoms with Gasteiger partial charge in [-0.1, -0.05) is 13.0 Å². The van der Waals surface area contributed by atoms with Gasteiger partial charge in [-0.05, 0) is 24.5 Å². The van der Waals surface area contributed by atoms with E-state index in [1.54, 1.807) is 18.2 Å². The van der Waals surface area contributed by atoms with Crippen LogP contribution in [-0.2, 0) is 21.4 Å². The van der Waals surface area contributed by atoms with Crippen LogP contribution in [0.4, 0.5) is 11.4 Å². The van der Waals surface area contributed by atoms with Crippen molar-refractivity contribution >= 4 is 32.8 Å². The monoisotopic (exact) mass is 312 g/mol. The Morgan fingerprint density at radius 2 is 2.15 bits per heavy atom. The summed E-state index contributed by atoms with van der Waals surface area (Å²) in [6, 6.07) is 4.94. The second kappa shape index (κ2) is 5.03. The van der Waals surface area contributed by atoms with E-state index in [9.17, 15) is 8.42 Å². The Kier molecular flexibility index (Phi) is 3.49. The van der Waals surface area contributed by atoms with Crippen molar-refractivity contribution in [3.63, 3.8) is 0 Å². The number of hydrogen-bond donors (Lipinski definition) is 1. The Balaban J connectivity index is 2.01. The van der Waals surface area contributed by atoms with E-state index in [4.69, 9.17) is 5.73 Å². The van der Waals surface area contributed by atoms with Crippen molar-refractivity contribution in [2.75, 3.05) is 13.1 Å². The van der Waals surface area contributed by atoms with Gasteiger partial charge < -0.3 is 5.73 Å². The molecule has 0 aromatic heterocycles. The maximum atomic E-state index is 12.8. The predicted octanol–water partition coefficient (Wildman–Crippen LogP) is 1.77. The molecule has 2 aliphatic rings. The molecule has 8 heteroatoms. The van der Waals surface area contributed by atoms with Gasteiger partial charge in [-0.2, -0.15) is 13.0 Å². The van der Waals surface area contributed by atoms with E-state index in [1.165, 1.54) is 4.31 Å². The standard InChI is InChI=1S/C12H16N4O2S2/c1-8-5-9(13)7-16(6-8)20(17,18)11-4-2-3-10-12(11)15-19-14-10/h2-4,8-9H,5-7,13H2,1H3. The molecule has 1 fully saturated rings. The molecule has 1 aromatic carbocycles. The fraction of sp³-hybridized carbons (Fsp3) is 0.500. The van der Waals surface area contributed by atoms with E-state index in [2.05, 4.69) is 8.73 Å². The normalized spacial score (nSPS) is 26.3. The second-order valence-corrected chi connectivity index (χ2v) is 7.75. The molecular weight excluding hydrogens is 296 g/mol. The lowest BCUT2D eigenvalue weighted by molar-refractivity contribution is 0.254. The van der Waals surface area contributed by atoms with Crippen LogP contribution in [-0.4, -0.2) is 31.9 Å². The van der Waals surface area contributed by atoms with Crippen LogP contribution in [0.5, 0.6) is 0 Å². The Hall–Kier alpha value is -1.09. The highest BCUT2D eigenvalue weighted by molar-refractivity contribution is 7.89. The van der Waals surface area contributed by atoms with Crippen molar-refractivity contribution in [3.05, 3.63) is 18.2 Å². The molecule has 6 nitrogen and oxygen atoms in total. The highest BCUT2D eigenvalue weighted by Crippen LogP contribution is 2.39. The molecule has 1 aromatic rings. The summed E-state index contributed by atoms with van der Waals surface area (Å²) in [5.41, 5.74) is 7.02. The maximum absolute atomic E-state index is 12.8. The highest BCUT2D eigenvalue weighted by Gasteiger charge is 2.34. The first-order valence-electron chi connectivity index (χ1n) is 6.45. The summed E-state index contributed by atoms with van der Waals surface area (Å²) in [5, 5.41) is 0. The number of rotatable bonds is 2. The topological polar surface area (TPSA) is 88.1 Å². The van der Waals surface area contributed by atoms with Gasteiger partial charge in [0.25, 0.3) is 0 Å². The molecular formula is C12H16N4O2S2. The van der Waals surface area contributed by atoms with E-state index in [1.807, 2.05) is 6.92 Å². The van der Waals surface area contributed by atoms with Crippen molar-refractivity contribution in [2.24, 2.45) is 20.4 Å². The largest absolute Gasteiger partial charge is 0.326 e. The van der Waals surface area contributed by atoms with Crippen molar-refractivity contribution < 1.29 is 8.42 Å². The number of hydrogen-bond acceptors (Lipinski definition) is 5. The van der Waals surface area contributed by atoms with Crippen LogP contribution in [0, 0.1) is 5.92 Å². The van der Waals surface area contributed by atoms with Gasteiger partial charge in [-0.3, -0.25) is 0 Å². The smallest absolute Gasteiger partial charge is 0.245 e. The average Bonchev–Trinajstić information content (AvgIpc) is 2.85. The van der Waals surface area contributed by atoms with E-state index >= 15 is 0 Å². The number of fused-ring (bicyclic) bond motifs is 1. The van der Waals surface area contributed by atoms with Gasteiger partial charge in [0.1, 0.15) is 16.3 Å². The fourth-order valence-electron chi connectivity index (χ4n) is 2.67. The molecule has 2 atom stereocenters. The molecule has 0 bridgehead atoms. The van der Waals surface area contributed by atoms with Gasteiger partial charge in [0.15, 0.2) is 0 Å². The molecule has 2 heterocycles. The van der Waals surface area contributed by atoms with Gasteiger partial charge in [0.2, 0.25) is 10.0 Å². The first-order chi connectivity index (χ1) is 9.48. The Labute approximate surface area is 121 Å². The molecule has 0 radical (unpaired) electrons. The second-order valence-electron chi connectivity index (χ2n) is 5.31. The quantitative estimate of drug-likeness (QED) is 0.916. The average molecular weight is 312 g/mol. The molecule has 20 heavy (non-hydrogen) atoms. The third-order valence-electron chi connectivity index (χ3n) is 3.53. The first-order valence-corrected chi connectivity index (χ1v) is 8.62. The number of nitrogens with zero attached hydrogens (tertiary/aromatic N) is 3. The molecule has 1 saturated heterocycles. The fourth-order valence-corrected chi connectivity index (χ4v) is 5.04. The van der Waals surface area contributed by atoms with Crippen LogP contribution < -0.4 is 5.73 Å². The van der Waals surface area contributed by atoms with Crippen LogP contribution in [0.2, 0.25) is 0 Å². The summed E-state index contributed by atoms with van der Waals surface area (Å²) in [7, 11) is -3.57. The summed E-state index contributed by atoms with van der Waals surface area (Å²) in [6.07, 6.45) is 0.856. The lowest BCUT2D eigenvalue weighted by Crippen LogP contribution is -2.48. The molecule has 0 aliphatic carbocycles. The van der Waals surface area contributed by atoms with Crippen molar-refractivity contribution in [1.29, 1.82) is 0 Å². The predicted molar refractivity (Wildman–Crippen MR) is 78.5 cm³/mol. The van der Waals surface area contributed by atoms with E-state index in [0.29, 0.717) is 24.5 Å². The molecule has 2 aliphatic heterocycles. The Bertz CT molecular complexity index is 700. The van der Waals surface area contributed by atoms with E-state index < -0.39 is 10.0 Å². The summed E-state index contributed by atoms with van der Waals surface area (Å²) in [4.78, 5) is 0.227. The zero-order valence-electron chi connectivity index (χ0n) is 11.1. The molecule has 2 unspecified atom stereocenters. The van der Waals surface area contributed by atoms with Gasteiger partial charge in [0.05, 0.1) is 11.4 Å². The summed E-state index contributed by atoms with van der Waals surface area (Å²) >= 11 is 1.02. The first kappa shape index (κ1) is 13.9.